The van der Waals surface area contributed by atoms with Crippen molar-refractivity contribution in [1.82, 2.24) is 4.98 Å². The molecule has 0 saturated heterocycles. The third-order valence-corrected chi connectivity index (χ3v) is 3.61. The summed E-state index contributed by atoms with van der Waals surface area (Å²) < 4.78 is 0. The lowest BCUT2D eigenvalue weighted by Crippen LogP contribution is -2.09. The van der Waals surface area contributed by atoms with Gasteiger partial charge >= 0.3 is 0 Å². The average Bonchev–Trinajstić information content (AvgIpc) is 2.71. The number of carbonyl (C=O) groups excluding carboxylic acids is 1. The van der Waals surface area contributed by atoms with Gasteiger partial charge in [-0.15, -0.1) is 11.3 Å². The molecule has 0 atom stereocenters. The number of primary amides is 1. The van der Waals surface area contributed by atoms with Crippen LogP contribution >= 0.6 is 34.5 Å². The minimum Gasteiger partial charge on any atom is -0.365 e. The fourth-order valence-electron chi connectivity index (χ4n) is 1.30. The van der Waals surface area contributed by atoms with Crippen LogP contribution in [0.5, 0.6) is 0 Å². The molecule has 82 valence electrons. The van der Waals surface area contributed by atoms with Crippen molar-refractivity contribution in [1.29, 1.82) is 0 Å². The molecule has 0 aliphatic rings. The van der Waals surface area contributed by atoms with Gasteiger partial charge in [-0.2, -0.15) is 0 Å². The lowest BCUT2D eigenvalue weighted by molar-refractivity contribution is 0.100. The standard InChI is InChI=1S/C10H6Cl2N2OS/c11-7-3-5(4-14-9(7)12)6-1-2-16-8(6)10(13)15/h1-4H,(H2,13,15). The first-order valence-corrected chi connectivity index (χ1v) is 5.92. The Balaban J connectivity index is 2.54. The maximum Gasteiger partial charge on any atom is 0.259 e. The second-order valence-electron chi connectivity index (χ2n) is 3.02. The van der Waals surface area contributed by atoms with E-state index in [1.807, 2.05) is 0 Å². The Morgan fingerprint density at radius 1 is 1.44 bits per heavy atom. The summed E-state index contributed by atoms with van der Waals surface area (Å²) >= 11 is 12.9. The number of nitrogens with zero attached hydrogens (tertiary/aromatic N) is 1. The highest BCUT2D eigenvalue weighted by Gasteiger charge is 2.12. The molecule has 2 aromatic heterocycles. The van der Waals surface area contributed by atoms with Gasteiger partial charge in [-0.3, -0.25) is 4.79 Å². The van der Waals surface area contributed by atoms with E-state index in [-0.39, 0.29) is 5.15 Å². The zero-order valence-corrected chi connectivity index (χ0v) is 10.2. The quantitative estimate of drug-likeness (QED) is 0.854. The Kier molecular flexibility index (Phi) is 3.14. The van der Waals surface area contributed by atoms with Crippen LogP contribution in [0.25, 0.3) is 11.1 Å². The monoisotopic (exact) mass is 272 g/mol. The van der Waals surface area contributed by atoms with Crippen LogP contribution in [0.1, 0.15) is 9.67 Å². The van der Waals surface area contributed by atoms with E-state index in [0.29, 0.717) is 9.90 Å². The van der Waals surface area contributed by atoms with Gasteiger partial charge < -0.3 is 5.73 Å². The van der Waals surface area contributed by atoms with Crippen LogP contribution in [-0.4, -0.2) is 10.9 Å². The van der Waals surface area contributed by atoms with E-state index in [1.54, 1.807) is 23.7 Å². The van der Waals surface area contributed by atoms with Gasteiger partial charge in [-0.05, 0) is 17.5 Å². The molecule has 3 nitrogen and oxygen atoms in total. The first-order valence-electron chi connectivity index (χ1n) is 4.28. The number of thiophene rings is 1. The highest BCUT2D eigenvalue weighted by Crippen LogP contribution is 2.31. The van der Waals surface area contributed by atoms with Crippen molar-refractivity contribution in [3.05, 3.63) is 38.8 Å². The van der Waals surface area contributed by atoms with E-state index in [0.717, 1.165) is 11.1 Å². The van der Waals surface area contributed by atoms with Gasteiger partial charge in [0.1, 0.15) is 5.15 Å². The van der Waals surface area contributed by atoms with Crippen LogP contribution in [0.3, 0.4) is 0 Å². The number of aromatic nitrogens is 1. The molecule has 6 heteroatoms. The molecule has 16 heavy (non-hydrogen) atoms. The van der Waals surface area contributed by atoms with Crippen LogP contribution in [0.15, 0.2) is 23.7 Å². The van der Waals surface area contributed by atoms with E-state index < -0.39 is 5.91 Å². The van der Waals surface area contributed by atoms with Gasteiger partial charge in [0, 0.05) is 17.3 Å². The number of carbonyl (C=O) groups is 1. The fraction of sp³-hybridized carbons (Fsp3) is 0. The summed E-state index contributed by atoms with van der Waals surface area (Å²) in [5.41, 5.74) is 6.71. The maximum absolute atomic E-state index is 11.2. The Hall–Kier alpha value is -1.10. The summed E-state index contributed by atoms with van der Waals surface area (Å²) in [6.07, 6.45) is 1.56. The number of halogens is 2. The van der Waals surface area contributed by atoms with Crippen molar-refractivity contribution in [3.8, 4) is 11.1 Å². The maximum atomic E-state index is 11.2. The van der Waals surface area contributed by atoms with Crippen molar-refractivity contribution < 1.29 is 4.79 Å². The molecule has 2 N–H and O–H groups in total. The van der Waals surface area contributed by atoms with Gasteiger partial charge in [0.05, 0.1) is 9.90 Å². The Bertz CT molecular complexity index is 554. The highest BCUT2D eigenvalue weighted by molar-refractivity contribution is 7.12. The van der Waals surface area contributed by atoms with Gasteiger partial charge in [0.15, 0.2) is 0 Å². The van der Waals surface area contributed by atoms with Crippen molar-refractivity contribution in [2.45, 2.75) is 0 Å². The van der Waals surface area contributed by atoms with Crippen molar-refractivity contribution in [3.63, 3.8) is 0 Å². The highest BCUT2D eigenvalue weighted by atomic mass is 35.5. The molecule has 0 unspecified atom stereocenters. The lowest BCUT2D eigenvalue weighted by Gasteiger charge is -2.02. The van der Waals surface area contributed by atoms with Gasteiger partial charge in [-0.25, -0.2) is 4.98 Å². The molecule has 1 amide bonds. The molecule has 0 aliphatic heterocycles. The van der Waals surface area contributed by atoms with Crippen molar-refractivity contribution in [2.24, 2.45) is 5.73 Å². The second-order valence-corrected chi connectivity index (χ2v) is 4.71. The summed E-state index contributed by atoms with van der Waals surface area (Å²) in [5.74, 6) is -0.462. The molecular weight excluding hydrogens is 267 g/mol. The molecule has 0 fully saturated rings. The summed E-state index contributed by atoms with van der Waals surface area (Å²) in [6.45, 7) is 0. The van der Waals surface area contributed by atoms with Crippen LogP contribution in [0.2, 0.25) is 10.2 Å². The Labute approximate surface area is 106 Å². The van der Waals surface area contributed by atoms with Crippen molar-refractivity contribution >= 4 is 40.4 Å². The third kappa shape index (κ3) is 2.04. The topological polar surface area (TPSA) is 56.0 Å². The molecule has 2 rings (SSSR count). The molecule has 2 heterocycles. The van der Waals surface area contributed by atoms with Gasteiger partial charge in [-0.1, -0.05) is 23.2 Å². The van der Waals surface area contributed by atoms with Crippen LogP contribution in [-0.2, 0) is 0 Å². The predicted octanol–water partition coefficient (Wildman–Crippen LogP) is 3.22. The van der Waals surface area contributed by atoms with Crippen molar-refractivity contribution in [2.75, 3.05) is 0 Å². The number of nitrogens with two attached hydrogens (primary N) is 1. The molecule has 0 radical (unpaired) electrons. The van der Waals surface area contributed by atoms with E-state index >= 15 is 0 Å². The third-order valence-electron chi connectivity index (χ3n) is 2.00. The van der Waals surface area contributed by atoms with E-state index in [1.165, 1.54) is 11.3 Å². The first-order chi connectivity index (χ1) is 7.59. The zero-order valence-electron chi connectivity index (χ0n) is 7.91. The summed E-state index contributed by atoms with van der Waals surface area (Å²) in [7, 11) is 0. The van der Waals surface area contributed by atoms with Crippen LogP contribution < -0.4 is 5.73 Å². The molecular formula is C10H6Cl2N2OS. The molecule has 0 saturated carbocycles. The Morgan fingerprint density at radius 2 is 2.19 bits per heavy atom. The normalized spacial score (nSPS) is 10.4. The summed E-state index contributed by atoms with van der Waals surface area (Å²) in [5, 5.41) is 2.37. The number of hydrogen-bond acceptors (Lipinski definition) is 3. The smallest absolute Gasteiger partial charge is 0.259 e. The number of pyridine rings is 1. The number of amides is 1. The lowest BCUT2D eigenvalue weighted by atomic mass is 10.1. The summed E-state index contributed by atoms with van der Waals surface area (Å²) in [4.78, 5) is 15.6. The molecule has 0 bridgehead atoms. The van der Waals surface area contributed by atoms with E-state index in [4.69, 9.17) is 28.9 Å². The SMILES string of the molecule is NC(=O)c1sccc1-c1cnc(Cl)c(Cl)c1. The first kappa shape index (κ1) is 11.4. The average molecular weight is 273 g/mol. The van der Waals surface area contributed by atoms with Gasteiger partial charge in [0.25, 0.3) is 5.91 Å². The number of hydrogen-bond donors (Lipinski definition) is 1. The van der Waals surface area contributed by atoms with Crippen LogP contribution in [0, 0.1) is 0 Å². The number of rotatable bonds is 2. The molecule has 0 aliphatic carbocycles. The zero-order chi connectivity index (χ0) is 11.7. The fourth-order valence-corrected chi connectivity index (χ4v) is 2.33. The minimum absolute atomic E-state index is 0.237. The molecule has 0 spiro atoms. The van der Waals surface area contributed by atoms with E-state index in [9.17, 15) is 4.79 Å². The van der Waals surface area contributed by atoms with Gasteiger partial charge in [0.2, 0.25) is 0 Å². The minimum atomic E-state index is -0.462. The predicted molar refractivity (Wildman–Crippen MR) is 66.1 cm³/mol. The van der Waals surface area contributed by atoms with E-state index in [2.05, 4.69) is 4.98 Å². The molecule has 0 aromatic carbocycles. The second kappa shape index (κ2) is 4.41. The Morgan fingerprint density at radius 3 is 2.81 bits per heavy atom. The molecule has 2 aromatic rings. The van der Waals surface area contributed by atoms with Crippen LogP contribution in [0.4, 0.5) is 0 Å². The summed E-state index contributed by atoms with van der Waals surface area (Å²) in [6, 6.07) is 3.46. The largest absolute Gasteiger partial charge is 0.365 e.